The lowest BCUT2D eigenvalue weighted by atomic mass is 10.1. The molecule has 0 radical (unpaired) electrons. The molecule has 8 nitrogen and oxygen atoms in total. The number of halogens is 6. The van der Waals surface area contributed by atoms with Crippen LogP contribution in [0.5, 0.6) is 5.75 Å². The molecule has 0 aliphatic carbocycles. The van der Waals surface area contributed by atoms with Gasteiger partial charge in [0.05, 0.1) is 11.3 Å². The third-order valence-corrected chi connectivity index (χ3v) is 10.3. The average Bonchev–Trinajstić information content (AvgIpc) is 2.88. The summed E-state index contributed by atoms with van der Waals surface area (Å²) in [6.07, 6.45) is -6.17. The van der Waals surface area contributed by atoms with Gasteiger partial charge in [0.15, 0.2) is 0 Å². The van der Waals surface area contributed by atoms with E-state index < -0.39 is 81.7 Å². The lowest BCUT2D eigenvalue weighted by Gasteiger charge is -2.30. The summed E-state index contributed by atoms with van der Waals surface area (Å²) in [7, 11) is -8.35. The number of rotatable bonds is 8. The molecule has 0 saturated carbocycles. The van der Waals surface area contributed by atoms with Crippen molar-refractivity contribution in [3.05, 3.63) is 47.8 Å². The van der Waals surface area contributed by atoms with E-state index in [2.05, 4.69) is 0 Å². The lowest BCUT2D eigenvalue weighted by molar-refractivity contribution is -0.139. The SMILES string of the molecule is CN1[C@H](CCC(C)(F)F)CN(c2ccc(F)cc2)c2cc(C(F)(F)F)c(OCC(C)(C)P(=O)(O)O)cc2S1(=O)=O. The quantitative estimate of drug-likeness (QED) is 0.286. The Morgan fingerprint density at radius 3 is 2.12 bits per heavy atom. The third kappa shape index (κ3) is 6.93. The summed E-state index contributed by atoms with van der Waals surface area (Å²) in [6.45, 7) is 1.56. The molecule has 0 saturated heterocycles. The standard InChI is InChI=1S/C24H29F6N2O6PS/c1-22(2,39(33,34)35)14-38-20-12-21-19(11-18(20)24(28,29)30)32(16-7-5-15(25)6-8-16)13-17(9-10-23(3,26)27)31(4)40(21,36)37/h5-8,11-12,17H,9-10,13-14H2,1-4H3,(H2,33,34,35)/t17-/m1/s1. The molecule has 0 unspecified atom stereocenters. The van der Waals surface area contributed by atoms with Crippen LogP contribution in [0.1, 0.15) is 39.2 Å². The van der Waals surface area contributed by atoms with Gasteiger partial charge < -0.3 is 19.4 Å². The molecule has 2 aromatic carbocycles. The third-order valence-electron chi connectivity index (χ3n) is 6.65. The van der Waals surface area contributed by atoms with Crippen LogP contribution in [0.15, 0.2) is 41.3 Å². The Balaban J connectivity index is 2.26. The fourth-order valence-corrected chi connectivity index (χ4v) is 5.78. The first-order valence-electron chi connectivity index (χ1n) is 11.9. The number of sulfonamides is 1. The van der Waals surface area contributed by atoms with Crippen molar-refractivity contribution >= 4 is 29.0 Å². The van der Waals surface area contributed by atoms with Gasteiger partial charge >= 0.3 is 13.8 Å². The van der Waals surface area contributed by atoms with Crippen LogP contribution in [0.4, 0.5) is 37.7 Å². The molecule has 0 bridgehead atoms. The van der Waals surface area contributed by atoms with E-state index in [1.54, 1.807) is 0 Å². The number of benzene rings is 2. The smallest absolute Gasteiger partial charge is 0.420 e. The molecule has 0 spiro atoms. The largest absolute Gasteiger partial charge is 0.492 e. The molecule has 1 aliphatic heterocycles. The van der Waals surface area contributed by atoms with Crippen molar-refractivity contribution in [2.24, 2.45) is 0 Å². The van der Waals surface area contributed by atoms with Gasteiger partial charge in [0.25, 0.3) is 0 Å². The van der Waals surface area contributed by atoms with E-state index in [0.717, 1.165) is 37.3 Å². The van der Waals surface area contributed by atoms with Crippen LogP contribution in [-0.4, -0.2) is 59.8 Å². The summed E-state index contributed by atoms with van der Waals surface area (Å²) >= 11 is 0. The molecule has 3 rings (SSSR count). The Morgan fingerprint density at radius 1 is 1.05 bits per heavy atom. The van der Waals surface area contributed by atoms with Crippen molar-refractivity contribution < 1.29 is 53.8 Å². The molecule has 16 heteroatoms. The molecule has 1 aliphatic rings. The molecular formula is C24H29F6N2O6PS. The first kappa shape index (κ1) is 32.2. The van der Waals surface area contributed by atoms with Gasteiger partial charge in [-0.1, -0.05) is 0 Å². The number of likely N-dealkylation sites (N-methyl/N-ethyl adjacent to an activating group) is 1. The minimum atomic E-state index is -5.10. The Bertz CT molecular complexity index is 1390. The van der Waals surface area contributed by atoms with Crippen molar-refractivity contribution in [1.82, 2.24) is 4.31 Å². The fraction of sp³-hybridized carbons (Fsp3) is 0.500. The fourth-order valence-electron chi connectivity index (χ4n) is 3.98. The number of fused-ring (bicyclic) bond motifs is 1. The van der Waals surface area contributed by atoms with Crippen LogP contribution in [0, 0.1) is 5.82 Å². The van der Waals surface area contributed by atoms with E-state index >= 15 is 0 Å². The average molecular weight is 619 g/mol. The van der Waals surface area contributed by atoms with E-state index in [4.69, 9.17) is 4.74 Å². The second-order valence-corrected chi connectivity index (χ2v) is 14.6. The van der Waals surface area contributed by atoms with Gasteiger partial charge in [0, 0.05) is 37.8 Å². The molecule has 0 amide bonds. The molecule has 2 aromatic rings. The molecule has 1 heterocycles. The predicted molar refractivity (Wildman–Crippen MR) is 135 cm³/mol. The van der Waals surface area contributed by atoms with Crippen LogP contribution in [0.2, 0.25) is 0 Å². The zero-order chi connectivity index (χ0) is 30.5. The highest BCUT2D eigenvalue weighted by molar-refractivity contribution is 7.89. The molecular weight excluding hydrogens is 589 g/mol. The van der Waals surface area contributed by atoms with Gasteiger partial charge in [-0.3, -0.25) is 4.57 Å². The van der Waals surface area contributed by atoms with Gasteiger partial charge in [-0.05, 0) is 57.5 Å². The van der Waals surface area contributed by atoms with E-state index in [0.29, 0.717) is 19.1 Å². The van der Waals surface area contributed by atoms with E-state index in [9.17, 15) is 49.1 Å². The normalized spacial score (nSPS) is 18.8. The minimum absolute atomic E-state index is 0.103. The molecule has 40 heavy (non-hydrogen) atoms. The summed E-state index contributed by atoms with van der Waals surface area (Å²) < 4.78 is 129. The highest BCUT2D eigenvalue weighted by Gasteiger charge is 2.44. The Morgan fingerprint density at radius 2 is 1.62 bits per heavy atom. The monoisotopic (exact) mass is 618 g/mol. The minimum Gasteiger partial charge on any atom is -0.492 e. The predicted octanol–water partition coefficient (Wildman–Crippen LogP) is 5.76. The van der Waals surface area contributed by atoms with E-state index in [1.165, 1.54) is 17.0 Å². The van der Waals surface area contributed by atoms with Gasteiger partial charge in [0.1, 0.15) is 28.2 Å². The summed E-state index contributed by atoms with van der Waals surface area (Å²) in [4.78, 5) is 19.6. The van der Waals surface area contributed by atoms with Crippen LogP contribution in [0.25, 0.3) is 0 Å². The zero-order valence-corrected chi connectivity index (χ0v) is 23.6. The van der Waals surface area contributed by atoms with Crippen molar-refractivity contribution in [3.8, 4) is 5.75 Å². The lowest BCUT2D eigenvalue weighted by Crippen LogP contribution is -2.41. The van der Waals surface area contributed by atoms with Crippen LogP contribution in [0.3, 0.4) is 0 Å². The summed E-state index contributed by atoms with van der Waals surface area (Å²) in [6, 6.07) is 4.44. The van der Waals surface area contributed by atoms with Crippen molar-refractivity contribution in [1.29, 1.82) is 0 Å². The van der Waals surface area contributed by atoms with Crippen LogP contribution >= 0.6 is 7.60 Å². The molecule has 2 N–H and O–H groups in total. The maximum atomic E-state index is 14.2. The van der Waals surface area contributed by atoms with Crippen molar-refractivity contribution in [3.63, 3.8) is 0 Å². The zero-order valence-electron chi connectivity index (χ0n) is 21.9. The van der Waals surface area contributed by atoms with E-state index in [-0.39, 0.29) is 18.7 Å². The van der Waals surface area contributed by atoms with Crippen LogP contribution in [-0.2, 0) is 20.8 Å². The first-order valence-corrected chi connectivity index (χ1v) is 14.9. The topological polar surface area (TPSA) is 107 Å². The van der Waals surface area contributed by atoms with Crippen molar-refractivity contribution in [2.45, 2.75) is 61.8 Å². The number of ether oxygens (including phenoxy) is 1. The molecule has 0 aromatic heterocycles. The van der Waals surface area contributed by atoms with Gasteiger partial charge in [-0.15, -0.1) is 0 Å². The summed E-state index contributed by atoms with van der Waals surface area (Å²) in [5.74, 6) is -4.82. The van der Waals surface area contributed by atoms with Gasteiger partial charge in [-0.25, -0.2) is 21.6 Å². The Labute approximate surface area is 227 Å². The number of hydrogen-bond acceptors (Lipinski definition) is 5. The number of alkyl halides is 5. The Kier molecular flexibility index (Phi) is 8.71. The first-order chi connectivity index (χ1) is 18.0. The second kappa shape index (κ2) is 10.8. The number of nitrogens with zero attached hydrogens (tertiary/aromatic N) is 2. The van der Waals surface area contributed by atoms with Gasteiger partial charge in [0.2, 0.25) is 15.9 Å². The number of anilines is 2. The molecule has 1 atom stereocenters. The van der Waals surface area contributed by atoms with Gasteiger partial charge in [-0.2, -0.15) is 17.5 Å². The maximum Gasteiger partial charge on any atom is 0.420 e. The van der Waals surface area contributed by atoms with Crippen molar-refractivity contribution in [2.75, 3.05) is 25.1 Å². The summed E-state index contributed by atoms with van der Waals surface area (Å²) in [5, 5.41) is -1.92. The molecule has 0 fully saturated rings. The highest BCUT2D eigenvalue weighted by atomic mass is 32.2. The second-order valence-electron chi connectivity index (χ2n) is 10.3. The molecule has 224 valence electrons. The maximum absolute atomic E-state index is 14.2. The van der Waals surface area contributed by atoms with Crippen LogP contribution < -0.4 is 9.64 Å². The van der Waals surface area contributed by atoms with E-state index in [1.807, 2.05) is 0 Å². The Hall–Kier alpha value is -2.32. The highest BCUT2D eigenvalue weighted by Crippen LogP contribution is 2.51. The number of hydrogen-bond donors (Lipinski definition) is 2. The summed E-state index contributed by atoms with van der Waals surface area (Å²) in [5.41, 5.74) is -1.79.